The van der Waals surface area contributed by atoms with Gasteiger partial charge in [-0.1, -0.05) is 27.2 Å². The van der Waals surface area contributed by atoms with Gasteiger partial charge in [0.1, 0.15) is 0 Å². The average Bonchev–Trinajstić information content (AvgIpc) is 2.90. The first kappa shape index (κ1) is 18.4. The second-order valence-corrected chi connectivity index (χ2v) is 7.84. The van der Waals surface area contributed by atoms with Crippen LogP contribution < -0.4 is 0 Å². The molecule has 0 saturated carbocycles. The predicted octanol–water partition coefficient (Wildman–Crippen LogP) is 1.93. The van der Waals surface area contributed by atoms with Crippen LogP contribution in [0.5, 0.6) is 0 Å². The van der Waals surface area contributed by atoms with Crippen molar-refractivity contribution in [1.82, 2.24) is 24.6 Å². The summed E-state index contributed by atoms with van der Waals surface area (Å²) in [4.78, 5) is 27.6. The lowest BCUT2D eigenvalue weighted by Crippen LogP contribution is -2.38. The van der Waals surface area contributed by atoms with E-state index in [0.29, 0.717) is 43.1 Å². The Morgan fingerprint density at radius 2 is 1.92 bits per heavy atom. The second-order valence-electron chi connectivity index (χ2n) is 7.84. The first-order valence-corrected chi connectivity index (χ1v) is 8.60. The van der Waals surface area contributed by atoms with Gasteiger partial charge in [0, 0.05) is 33.6 Å². The van der Waals surface area contributed by atoms with Gasteiger partial charge >= 0.3 is 0 Å². The zero-order valence-electron chi connectivity index (χ0n) is 15.5. The number of amides is 2. The topological polar surface area (TPSA) is 71.3 Å². The maximum absolute atomic E-state index is 12.3. The minimum atomic E-state index is -0.115. The molecular formula is C17H29N5O2. The van der Waals surface area contributed by atoms with Crippen molar-refractivity contribution >= 4 is 11.8 Å². The number of carbonyl (C=O) groups excluding carboxylic acids is 2. The van der Waals surface area contributed by atoms with Gasteiger partial charge < -0.3 is 14.4 Å². The van der Waals surface area contributed by atoms with E-state index in [1.807, 2.05) is 4.57 Å². The Bertz CT molecular complexity index is 603. The molecule has 2 rings (SSSR count). The van der Waals surface area contributed by atoms with Crippen LogP contribution in [-0.2, 0) is 17.9 Å². The molecule has 134 valence electrons. The highest BCUT2D eigenvalue weighted by Gasteiger charge is 2.27. The monoisotopic (exact) mass is 335 g/mol. The third-order valence-electron chi connectivity index (χ3n) is 4.40. The van der Waals surface area contributed by atoms with E-state index in [1.54, 1.807) is 23.9 Å². The highest BCUT2D eigenvalue weighted by atomic mass is 16.2. The van der Waals surface area contributed by atoms with Crippen LogP contribution in [0.4, 0.5) is 0 Å². The first-order chi connectivity index (χ1) is 11.2. The summed E-state index contributed by atoms with van der Waals surface area (Å²) >= 11 is 0. The molecule has 7 heteroatoms. The number of nitrogens with zero attached hydrogens (tertiary/aromatic N) is 5. The lowest BCUT2D eigenvalue weighted by Gasteiger charge is -2.24. The summed E-state index contributed by atoms with van der Waals surface area (Å²) in [5, 5.41) is 8.09. The number of fused-ring (bicyclic) bond motifs is 1. The number of unbranched alkanes of at least 4 members (excludes halogenated alkanes) is 1. The lowest BCUT2D eigenvalue weighted by molar-refractivity contribution is -0.130. The highest BCUT2D eigenvalue weighted by molar-refractivity contribution is 5.91. The summed E-state index contributed by atoms with van der Waals surface area (Å²) in [5.74, 6) is 1.04. The van der Waals surface area contributed by atoms with Crippen LogP contribution >= 0.6 is 0 Å². The van der Waals surface area contributed by atoms with Gasteiger partial charge in [-0.15, -0.1) is 10.2 Å². The molecular weight excluding hydrogens is 306 g/mol. The largest absolute Gasteiger partial charge is 0.338 e. The van der Waals surface area contributed by atoms with Crippen LogP contribution in [0, 0.1) is 5.41 Å². The minimum Gasteiger partial charge on any atom is -0.338 e. The molecule has 1 aromatic heterocycles. The quantitative estimate of drug-likeness (QED) is 0.745. The van der Waals surface area contributed by atoms with Crippen molar-refractivity contribution in [2.24, 2.45) is 5.41 Å². The van der Waals surface area contributed by atoms with Gasteiger partial charge in [0.2, 0.25) is 11.7 Å². The molecule has 2 amide bonds. The van der Waals surface area contributed by atoms with E-state index in [-0.39, 0.29) is 11.8 Å². The zero-order chi connectivity index (χ0) is 17.9. The van der Waals surface area contributed by atoms with Crippen molar-refractivity contribution < 1.29 is 9.59 Å². The van der Waals surface area contributed by atoms with E-state index >= 15 is 0 Å². The van der Waals surface area contributed by atoms with Crippen LogP contribution in [0.2, 0.25) is 0 Å². The minimum absolute atomic E-state index is 0.112. The summed E-state index contributed by atoms with van der Waals surface area (Å²) in [5.41, 5.74) is 0.315. The fraction of sp³-hybridized carbons (Fsp3) is 0.765. The van der Waals surface area contributed by atoms with Crippen molar-refractivity contribution in [3.8, 4) is 0 Å². The van der Waals surface area contributed by atoms with Crippen molar-refractivity contribution in [3.05, 3.63) is 11.6 Å². The van der Waals surface area contributed by atoms with Gasteiger partial charge in [-0.2, -0.15) is 0 Å². The standard InChI is InChI=1S/C17H29N5O2/c1-17(2,3)9-7-6-8-14(23)21(5)12-13-18-19-15-16(24)20(4)10-11-22(13)15/h6-12H2,1-5H3. The molecule has 1 aliphatic heterocycles. The summed E-state index contributed by atoms with van der Waals surface area (Å²) in [6, 6.07) is 0. The normalized spacial score (nSPS) is 14.7. The number of aromatic nitrogens is 3. The molecule has 0 aromatic carbocycles. The third-order valence-corrected chi connectivity index (χ3v) is 4.40. The fourth-order valence-electron chi connectivity index (χ4n) is 2.79. The van der Waals surface area contributed by atoms with Gasteiger partial charge in [0.05, 0.1) is 6.54 Å². The van der Waals surface area contributed by atoms with Gasteiger partial charge in [0.25, 0.3) is 5.91 Å². The first-order valence-electron chi connectivity index (χ1n) is 8.60. The van der Waals surface area contributed by atoms with E-state index in [1.165, 1.54) is 0 Å². The summed E-state index contributed by atoms with van der Waals surface area (Å²) < 4.78 is 1.83. The van der Waals surface area contributed by atoms with Crippen LogP contribution in [-0.4, -0.2) is 57.0 Å². The van der Waals surface area contributed by atoms with E-state index in [0.717, 1.165) is 19.3 Å². The maximum Gasteiger partial charge on any atom is 0.291 e. The molecule has 0 atom stereocenters. The molecule has 0 saturated heterocycles. The van der Waals surface area contributed by atoms with Gasteiger partial charge in [0.15, 0.2) is 5.82 Å². The summed E-state index contributed by atoms with van der Waals surface area (Å²) in [6.45, 7) is 8.35. The van der Waals surface area contributed by atoms with Crippen LogP contribution in [0.1, 0.15) is 62.9 Å². The van der Waals surface area contributed by atoms with Crippen molar-refractivity contribution in [1.29, 1.82) is 0 Å². The summed E-state index contributed by atoms with van der Waals surface area (Å²) in [6.07, 6.45) is 3.64. The highest BCUT2D eigenvalue weighted by Crippen LogP contribution is 2.22. The Kier molecular flexibility index (Phi) is 5.62. The van der Waals surface area contributed by atoms with Crippen molar-refractivity contribution in [2.45, 2.75) is 59.5 Å². The molecule has 1 aliphatic rings. The number of hydrogen-bond donors (Lipinski definition) is 0. The number of rotatable bonds is 6. The molecule has 0 unspecified atom stereocenters. The van der Waals surface area contributed by atoms with Crippen molar-refractivity contribution in [2.75, 3.05) is 20.6 Å². The smallest absolute Gasteiger partial charge is 0.291 e. The SMILES string of the molecule is CN(Cc1nnc2n1CCN(C)C2=O)C(=O)CCCCC(C)(C)C. The van der Waals surface area contributed by atoms with E-state index in [9.17, 15) is 9.59 Å². The van der Waals surface area contributed by atoms with Crippen molar-refractivity contribution in [3.63, 3.8) is 0 Å². The van der Waals surface area contributed by atoms with E-state index in [2.05, 4.69) is 31.0 Å². The summed E-state index contributed by atoms with van der Waals surface area (Å²) in [7, 11) is 3.54. The Labute approximate surface area is 144 Å². The molecule has 0 bridgehead atoms. The molecule has 2 heterocycles. The Morgan fingerprint density at radius 1 is 1.21 bits per heavy atom. The number of likely N-dealkylation sites (N-methyl/N-ethyl adjacent to an activating group) is 1. The number of carbonyl (C=O) groups is 2. The molecule has 0 radical (unpaired) electrons. The number of hydrogen-bond acceptors (Lipinski definition) is 4. The Morgan fingerprint density at radius 3 is 2.58 bits per heavy atom. The maximum atomic E-state index is 12.3. The Balaban J connectivity index is 1.86. The molecule has 7 nitrogen and oxygen atoms in total. The van der Waals surface area contributed by atoms with E-state index < -0.39 is 0 Å². The van der Waals surface area contributed by atoms with Crippen LogP contribution in [0.15, 0.2) is 0 Å². The van der Waals surface area contributed by atoms with Gasteiger partial charge in [-0.3, -0.25) is 9.59 Å². The molecule has 0 fully saturated rings. The zero-order valence-corrected chi connectivity index (χ0v) is 15.5. The third kappa shape index (κ3) is 4.55. The predicted molar refractivity (Wildman–Crippen MR) is 91.4 cm³/mol. The van der Waals surface area contributed by atoms with Crippen LogP contribution in [0.25, 0.3) is 0 Å². The van der Waals surface area contributed by atoms with Gasteiger partial charge in [-0.05, 0) is 18.3 Å². The molecule has 24 heavy (non-hydrogen) atoms. The lowest BCUT2D eigenvalue weighted by atomic mass is 9.89. The molecule has 0 spiro atoms. The van der Waals surface area contributed by atoms with Crippen LogP contribution in [0.3, 0.4) is 0 Å². The molecule has 0 N–H and O–H groups in total. The molecule has 0 aliphatic carbocycles. The van der Waals surface area contributed by atoms with Gasteiger partial charge in [-0.25, -0.2) is 0 Å². The van der Waals surface area contributed by atoms with E-state index in [4.69, 9.17) is 0 Å². The second kappa shape index (κ2) is 7.32. The fourth-order valence-corrected chi connectivity index (χ4v) is 2.79. The Hall–Kier alpha value is -1.92. The molecule has 1 aromatic rings. The average molecular weight is 335 g/mol.